The molecule has 5 nitrogen and oxygen atoms in total. The van der Waals surface area contributed by atoms with Crippen LogP contribution in [0.5, 0.6) is 0 Å². The molecule has 16 heavy (non-hydrogen) atoms. The molecule has 1 saturated heterocycles. The predicted molar refractivity (Wildman–Crippen MR) is 61.2 cm³/mol. The summed E-state index contributed by atoms with van der Waals surface area (Å²) < 4.78 is 4.72. The lowest BCUT2D eigenvalue weighted by Crippen LogP contribution is -2.33. The highest BCUT2D eigenvalue weighted by Gasteiger charge is 2.25. The van der Waals surface area contributed by atoms with E-state index in [1.54, 1.807) is 18.0 Å². The van der Waals surface area contributed by atoms with Gasteiger partial charge in [-0.05, 0) is 13.0 Å². The van der Waals surface area contributed by atoms with Gasteiger partial charge in [-0.3, -0.25) is 4.79 Å². The first-order valence-corrected chi connectivity index (χ1v) is 5.12. The van der Waals surface area contributed by atoms with Crippen molar-refractivity contribution in [3.05, 3.63) is 18.0 Å². The molecular formula is C10H16ClN3O2. The molecule has 2 rings (SSSR count). The smallest absolute Gasteiger partial charge is 0.227 e. The van der Waals surface area contributed by atoms with Gasteiger partial charge in [0.05, 0.1) is 12.5 Å². The molecule has 0 spiro atoms. The maximum absolute atomic E-state index is 11.9. The fourth-order valence-electron chi connectivity index (χ4n) is 1.82. The lowest BCUT2D eigenvalue weighted by atomic mass is 10.1. The molecule has 1 aliphatic heterocycles. The minimum Gasteiger partial charge on any atom is -0.364 e. The zero-order valence-corrected chi connectivity index (χ0v) is 10.00. The van der Waals surface area contributed by atoms with Crippen molar-refractivity contribution in [1.82, 2.24) is 15.4 Å². The summed E-state index contributed by atoms with van der Waals surface area (Å²) in [5.74, 6) is 0.310. The number of nitrogens with one attached hydrogen (secondary N) is 1. The molecular weight excluding hydrogens is 230 g/mol. The molecule has 1 aliphatic rings. The Morgan fingerprint density at radius 1 is 1.75 bits per heavy atom. The second-order valence-corrected chi connectivity index (χ2v) is 3.87. The first-order chi connectivity index (χ1) is 7.27. The summed E-state index contributed by atoms with van der Waals surface area (Å²) in [4.78, 5) is 13.6. The lowest BCUT2D eigenvalue weighted by Gasteiger charge is -2.19. The summed E-state index contributed by atoms with van der Waals surface area (Å²) in [6.07, 6.45) is 2.45. The van der Waals surface area contributed by atoms with Gasteiger partial charge in [-0.25, -0.2) is 0 Å². The van der Waals surface area contributed by atoms with Crippen LogP contribution in [0.1, 0.15) is 12.1 Å². The molecule has 6 heteroatoms. The number of nitrogens with zero attached hydrogens (tertiary/aromatic N) is 2. The van der Waals surface area contributed by atoms with Crippen molar-refractivity contribution in [2.24, 2.45) is 5.92 Å². The van der Waals surface area contributed by atoms with E-state index in [4.69, 9.17) is 4.52 Å². The van der Waals surface area contributed by atoms with Crippen LogP contribution in [0.15, 0.2) is 16.9 Å². The third-order valence-corrected chi connectivity index (χ3v) is 2.68. The summed E-state index contributed by atoms with van der Waals surface area (Å²) >= 11 is 0. The van der Waals surface area contributed by atoms with E-state index < -0.39 is 0 Å². The number of hydrogen-bond donors (Lipinski definition) is 1. The average Bonchev–Trinajstić information content (AvgIpc) is 2.88. The molecule has 0 aromatic carbocycles. The van der Waals surface area contributed by atoms with Crippen LogP contribution in [-0.2, 0) is 11.3 Å². The Morgan fingerprint density at radius 2 is 2.56 bits per heavy atom. The van der Waals surface area contributed by atoms with Crippen LogP contribution in [0.4, 0.5) is 0 Å². The van der Waals surface area contributed by atoms with Gasteiger partial charge in [0, 0.05) is 19.7 Å². The largest absolute Gasteiger partial charge is 0.364 e. The van der Waals surface area contributed by atoms with Crippen LogP contribution in [0.3, 0.4) is 0 Å². The Hall–Kier alpha value is -1.07. The first-order valence-electron chi connectivity index (χ1n) is 5.12. The Balaban J connectivity index is 0.00000128. The Kier molecular flexibility index (Phi) is 4.76. The molecule has 0 radical (unpaired) electrons. The SMILES string of the molecule is CN(Cc1ccon1)C(=O)C1CCNC1.Cl. The summed E-state index contributed by atoms with van der Waals surface area (Å²) in [6, 6.07) is 1.77. The molecule has 0 saturated carbocycles. The number of amides is 1. The fraction of sp³-hybridized carbons (Fsp3) is 0.600. The zero-order valence-electron chi connectivity index (χ0n) is 9.18. The quantitative estimate of drug-likeness (QED) is 0.850. The molecule has 90 valence electrons. The topological polar surface area (TPSA) is 58.4 Å². The van der Waals surface area contributed by atoms with E-state index in [0.717, 1.165) is 25.2 Å². The van der Waals surface area contributed by atoms with Crippen molar-refractivity contribution in [2.45, 2.75) is 13.0 Å². The summed E-state index contributed by atoms with van der Waals surface area (Å²) in [6.45, 7) is 2.25. The highest BCUT2D eigenvalue weighted by atomic mass is 35.5. The van der Waals surface area contributed by atoms with Gasteiger partial charge in [0.25, 0.3) is 0 Å². The molecule has 1 fully saturated rings. The molecule has 1 aromatic rings. The summed E-state index contributed by atoms with van der Waals surface area (Å²) in [5, 5.41) is 6.97. The highest BCUT2D eigenvalue weighted by Crippen LogP contribution is 2.12. The Labute approximate surface area is 101 Å². The van der Waals surface area contributed by atoms with Crippen LogP contribution in [0.2, 0.25) is 0 Å². The van der Waals surface area contributed by atoms with E-state index >= 15 is 0 Å². The van der Waals surface area contributed by atoms with Crippen LogP contribution >= 0.6 is 12.4 Å². The molecule has 1 N–H and O–H groups in total. The molecule has 1 amide bonds. The predicted octanol–water partition coefficient (Wildman–Crippen LogP) is 0.664. The fourth-order valence-corrected chi connectivity index (χ4v) is 1.82. The van der Waals surface area contributed by atoms with E-state index in [-0.39, 0.29) is 24.2 Å². The van der Waals surface area contributed by atoms with Crippen LogP contribution < -0.4 is 5.32 Å². The molecule has 1 unspecified atom stereocenters. The maximum atomic E-state index is 11.9. The minimum absolute atomic E-state index is 0. The monoisotopic (exact) mass is 245 g/mol. The maximum Gasteiger partial charge on any atom is 0.227 e. The van der Waals surface area contributed by atoms with Gasteiger partial charge < -0.3 is 14.7 Å². The van der Waals surface area contributed by atoms with E-state index in [9.17, 15) is 4.79 Å². The molecule has 2 heterocycles. The van der Waals surface area contributed by atoms with Crippen LogP contribution in [0, 0.1) is 5.92 Å². The number of halogens is 1. The number of carbonyl (C=O) groups excluding carboxylic acids is 1. The van der Waals surface area contributed by atoms with Gasteiger partial charge in [-0.2, -0.15) is 0 Å². The standard InChI is InChI=1S/C10H15N3O2.ClH/c1-13(7-9-3-5-15-12-9)10(14)8-2-4-11-6-8;/h3,5,8,11H,2,4,6-7H2,1H3;1H. The van der Waals surface area contributed by atoms with Crippen molar-refractivity contribution in [2.75, 3.05) is 20.1 Å². The summed E-state index contributed by atoms with van der Waals surface area (Å²) in [5.41, 5.74) is 0.789. The molecule has 1 atom stereocenters. The number of hydrogen-bond acceptors (Lipinski definition) is 4. The van der Waals surface area contributed by atoms with Gasteiger partial charge in [-0.15, -0.1) is 12.4 Å². The van der Waals surface area contributed by atoms with Gasteiger partial charge in [0.1, 0.15) is 12.0 Å². The second-order valence-electron chi connectivity index (χ2n) is 3.87. The number of carbonyl (C=O) groups is 1. The summed E-state index contributed by atoms with van der Waals surface area (Å²) in [7, 11) is 1.80. The van der Waals surface area contributed by atoms with Gasteiger partial charge in [0.15, 0.2) is 0 Å². The molecule has 0 bridgehead atoms. The zero-order chi connectivity index (χ0) is 10.7. The third kappa shape index (κ3) is 2.96. The van der Waals surface area contributed by atoms with E-state index in [0.29, 0.717) is 6.54 Å². The van der Waals surface area contributed by atoms with Crippen molar-refractivity contribution in [3.8, 4) is 0 Å². The second kappa shape index (κ2) is 5.86. The van der Waals surface area contributed by atoms with E-state index in [1.807, 2.05) is 0 Å². The van der Waals surface area contributed by atoms with Gasteiger partial charge in [-0.1, -0.05) is 5.16 Å². The van der Waals surface area contributed by atoms with Crippen LogP contribution in [0.25, 0.3) is 0 Å². The Bertz CT molecular complexity index is 323. The molecule has 0 aliphatic carbocycles. The minimum atomic E-state index is 0. The van der Waals surface area contributed by atoms with Crippen LogP contribution in [-0.4, -0.2) is 36.1 Å². The number of aromatic nitrogens is 1. The number of rotatable bonds is 3. The average molecular weight is 246 g/mol. The van der Waals surface area contributed by atoms with E-state index in [2.05, 4.69) is 10.5 Å². The van der Waals surface area contributed by atoms with Crippen molar-refractivity contribution < 1.29 is 9.32 Å². The van der Waals surface area contributed by atoms with Crippen molar-refractivity contribution >= 4 is 18.3 Å². The Morgan fingerprint density at radius 3 is 3.12 bits per heavy atom. The van der Waals surface area contributed by atoms with Gasteiger partial charge >= 0.3 is 0 Å². The normalized spacial score (nSPS) is 19.2. The molecule has 1 aromatic heterocycles. The lowest BCUT2D eigenvalue weighted by molar-refractivity contribution is -0.134. The first kappa shape index (κ1) is 13.0. The third-order valence-electron chi connectivity index (χ3n) is 2.68. The van der Waals surface area contributed by atoms with E-state index in [1.165, 1.54) is 6.26 Å². The van der Waals surface area contributed by atoms with Crippen molar-refractivity contribution in [3.63, 3.8) is 0 Å². The van der Waals surface area contributed by atoms with Crippen molar-refractivity contribution in [1.29, 1.82) is 0 Å². The highest BCUT2D eigenvalue weighted by molar-refractivity contribution is 5.85. The van der Waals surface area contributed by atoms with Gasteiger partial charge in [0.2, 0.25) is 5.91 Å².